The van der Waals surface area contributed by atoms with Gasteiger partial charge in [0.05, 0.1) is 6.26 Å². The molecular weight excluding hydrogens is 144 g/mol. The van der Waals surface area contributed by atoms with E-state index in [9.17, 15) is 4.79 Å². The first-order chi connectivity index (χ1) is 5.33. The van der Waals surface area contributed by atoms with Crippen LogP contribution in [0.15, 0.2) is 24.0 Å². The van der Waals surface area contributed by atoms with Crippen molar-refractivity contribution in [2.24, 2.45) is 0 Å². The third-order valence-electron chi connectivity index (χ3n) is 1.39. The first-order valence-electron chi connectivity index (χ1n) is 3.36. The van der Waals surface area contributed by atoms with Gasteiger partial charge in [0.25, 0.3) is 0 Å². The van der Waals surface area contributed by atoms with Crippen LogP contribution in [0.5, 0.6) is 0 Å². The average molecular weight is 153 g/mol. The molecule has 1 unspecified atom stereocenters. The Kier molecular flexibility index (Phi) is 2.86. The molecule has 0 saturated carbocycles. The number of allylic oxidation sites excluding steroid dienone is 1. The lowest BCUT2D eigenvalue weighted by Crippen LogP contribution is -2.09. The molecule has 1 aliphatic rings. The zero-order chi connectivity index (χ0) is 8.10. The quantitative estimate of drug-likeness (QED) is 0.635. The average Bonchev–Trinajstić information content (AvgIpc) is 2.06. The van der Waals surface area contributed by atoms with Crippen LogP contribution in [0.2, 0.25) is 0 Å². The van der Waals surface area contributed by atoms with Gasteiger partial charge in [-0.2, -0.15) is 0 Å². The monoisotopic (exact) mass is 153 g/mol. The van der Waals surface area contributed by atoms with E-state index in [1.165, 1.54) is 6.29 Å². The minimum absolute atomic E-state index is 0.323. The van der Waals surface area contributed by atoms with Crippen LogP contribution >= 0.6 is 0 Å². The fraction of sp³-hybridized carbons (Fsp3) is 0.375. The Hall–Kier alpha value is -1.09. The van der Waals surface area contributed by atoms with E-state index in [2.05, 4.69) is 0 Å². The molecule has 0 aromatic carbocycles. The van der Waals surface area contributed by atoms with Gasteiger partial charge in [-0.3, -0.25) is 4.79 Å². The second kappa shape index (κ2) is 3.93. The van der Waals surface area contributed by atoms with Crippen molar-refractivity contribution >= 4 is 6.29 Å². The molecule has 0 spiro atoms. The number of ether oxygens (including phenoxy) is 1. The lowest BCUT2D eigenvalue weighted by atomic mass is 10.1. The Bertz CT molecular complexity index is 194. The van der Waals surface area contributed by atoms with Crippen molar-refractivity contribution < 1.29 is 14.6 Å². The van der Waals surface area contributed by atoms with Crippen LogP contribution in [0.1, 0.15) is 6.42 Å². The van der Waals surface area contributed by atoms with Gasteiger partial charge in [-0.25, -0.2) is 0 Å². The molecule has 0 aromatic rings. The Labute approximate surface area is 65.0 Å². The van der Waals surface area contributed by atoms with E-state index < -0.39 is 6.10 Å². The fourth-order valence-electron chi connectivity index (χ4n) is 0.831. The molecule has 1 N–H and O–H groups in total. The molecule has 59 valence electrons. The fourth-order valence-corrected chi connectivity index (χ4v) is 0.831. The SMILES string of the molecule is O=[C]C(O)CC1=CCOC=C1. The Morgan fingerprint density at radius 3 is 3.18 bits per heavy atom. The van der Waals surface area contributed by atoms with Crippen LogP contribution in [0.25, 0.3) is 0 Å². The molecule has 1 atom stereocenters. The van der Waals surface area contributed by atoms with Gasteiger partial charge in [-0.15, -0.1) is 0 Å². The largest absolute Gasteiger partial charge is 0.497 e. The van der Waals surface area contributed by atoms with Crippen molar-refractivity contribution in [2.75, 3.05) is 6.61 Å². The highest BCUT2D eigenvalue weighted by Crippen LogP contribution is 2.09. The van der Waals surface area contributed by atoms with E-state index in [1.807, 2.05) is 6.08 Å². The minimum Gasteiger partial charge on any atom is -0.497 e. The van der Waals surface area contributed by atoms with E-state index in [-0.39, 0.29) is 0 Å². The molecule has 11 heavy (non-hydrogen) atoms. The molecule has 3 nitrogen and oxygen atoms in total. The maximum atomic E-state index is 9.92. The summed E-state index contributed by atoms with van der Waals surface area (Å²) in [5, 5.41) is 8.87. The van der Waals surface area contributed by atoms with Crippen molar-refractivity contribution in [1.82, 2.24) is 0 Å². The Morgan fingerprint density at radius 2 is 2.64 bits per heavy atom. The molecule has 1 heterocycles. The van der Waals surface area contributed by atoms with E-state index in [0.717, 1.165) is 5.57 Å². The second-order valence-electron chi connectivity index (χ2n) is 2.25. The van der Waals surface area contributed by atoms with Gasteiger partial charge >= 0.3 is 0 Å². The smallest absolute Gasteiger partial charge is 0.229 e. The summed E-state index contributed by atoms with van der Waals surface area (Å²) in [6, 6.07) is 0. The van der Waals surface area contributed by atoms with Gasteiger partial charge in [0.1, 0.15) is 12.7 Å². The Balaban J connectivity index is 2.42. The molecule has 0 fully saturated rings. The van der Waals surface area contributed by atoms with Gasteiger partial charge in [0, 0.05) is 6.42 Å². The third kappa shape index (κ3) is 2.55. The first-order valence-corrected chi connectivity index (χ1v) is 3.36. The van der Waals surface area contributed by atoms with Gasteiger partial charge in [-0.1, -0.05) is 0 Å². The molecular formula is C8H9O3. The number of hydrogen-bond donors (Lipinski definition) is 1. The summed E-state index contributed by atoms with van der Waals surface area (Å²) >= 11 is 0. The zero-order valence-electron chi connectivity index (χ0n) is 5.99. The highest BCUT2D eigenvalue weighted by Gasteiger charge is 2.06. The van der Waals surface area contributed by atoms with Crippen LogP contribution < -0.4 is 0 Å². The number of aliphatic hydroxyl groups is 1. The normalized spacial score (nSPS) is 18.5. The molecule has 3 heteroatoms. The lowest BCUT2D eigenvalue weighted by Gasteiger charge is -2.07. The highest BCUT2D eigenvalue weighted by atomic mass is 16.5. The lowest BCUT2D eigenvalue weighted by molar-refractivity contribution is 0.233. The summed E-state index contributed by atoms with van der Waals surface area (Å²) in [5.41, 5.74) is 0.909. The maximum Gasteiger partial charge on any atom is 0.229 e. The molecule has 0 bridgehead atoms. The molecule has 1 aliphatic heterocycles. The number of hydrogen-bond acceptors (Lipinski definition) is 3. The van der Waals surface area contributed by atoms with Crippen LogP contribution in [0, 0.1) is 0 Å². The summed E-state index contributed by atoms with van der Waals surface area (Å²) in [7, 11) is 0. The van der Waals surface area contributed by atoms with Crippen molar-refractivity contribution in [2.45, 2.75) is 12.5 Å². The first kappa shape index (κ1) is 8.01. The topological polar surface area (TPSA) is 46.5 Å². The van der Waals surface area contributed by atoms with Gasteiger partial charge in [0.2, 0.25) is 6.29 Å². The van der Waals surface area contributed by atoms with Crippen molar-refractivity contribution in [1.29, 1.82) is 0 Å². The van der Waals surface area contributed by atoms with Crippen LogP contribution in [-0.2, 0) is 9.53 Å². The molecule has 0 saturated heterocycles. The van der Waals surface area contributed by atoms with Gasteiger partial charge in [-0.05, 0) is 17.7 Å². The van der Waals surface area contributed by atoms with Gasteiger partial charge in [0.15, 0.2) is 0 Å². The summed E-state index contributed by atoms with van der Waals surface area (Å²) in [5.74, 6) is 0. The summed E-state index contributed by atoms with van der Waals surface area (Å²) in [6.07, 6.45) is 5.91. The van der Waals surface area contributed by atoms with Crippen molar-refractivity contribution in [3.05, 3.63) is 24.0 Å². The Morgan fingerprint density at radius 1 is 1.82 bits per heavy atom. The van der Waals surface area contributed by atoms with E-state index in [4.69, 9.17) is 9.84 Å². The van der Waals surface area contributed by atoms with Crippen LogP contribution in [0.4, 0.5) is 0 Å². The summed E-state index contributed by atoms with van der Waals surface area (Å²) < 4.78 is 4.88. The summed E-state index contributed by atoms with van der Waals surface area (Å²) in [4.78, 5) is 9.92. The van der Waals surface area contributed by atoms with Crippen LogP contribution in [0.3, 0.4) is 0 Å². The minimum atomic E-state index is -1.01. The molecule has 0 aromatic heterocycles. The van der Waals surface area contributed by atoms with Crippen molar-refractivity contribution in [3.8, 4) is 0 Å². The molecule has 1 radical (unpaired) electrons. The standard InChI is InChI=1S/C8H9O3/c9-6-8(10)5-7-1-3-11-4-2-7/h1-3,8,10H,4-5H2. The second-order valence-corrected chi connectivity index (χ2v) is 2.25. The predicted octanol–water partition coefficient (Wildman–Crippen LogP) is 0.317. The molecule has 1 rings (SSSR count). The van der Waals surface area contributed by atoms with E-state index >= 15 is 0 Å². The van der Waals surface area contributed by atoms with E-state index in [1.54, 1.807) is 12.3 Å². The maximum absolute atomic E-state index is 9.92. The van der Waals surface area contributed by atoms with Gasteiger partial charge < -0.3 is 9.84 Å². The molecule has 0 amide bonds. The summed E-state index contributed by atoms with van der Waals surface area (Å²) in [6.45, 7) is 0.511. The zero-order valence-corrected chi connectivity index (χ0v) is 5.99. The molecule has 0 aliphatic carbocycles. The number of aliphatic hydroxyl groups excluding tert-OH is 1. The van der Waals surface area contributed by atoms with E-state index in [0.29, 0.717) is 13.0 Å². The number of rotatable bonds is 3. The van der Waals surface area contributed by atoms with Crippen molar-refractivity contribution in [3.63, 3.8) is 0 Å². The van der Waals surface area contributed by atoms with Crippen LogP contribution in [-0.4, -0.2) is 24.1 Å². The number of carbonyl (C=O) groups excluding carboxylic acids is 1. The third-order valence-corrected chi connectivity index (χ3v) is 1.39. The highest BCUT2D eigenvalue weighted by molar-refractivity contribution is 5.57. The predicted molar refractivity (Wildman–Crippen MR) is 39.5 cm³/mol.